The van der Waals surface area contributed by atoms with Gasteiger partial charge < -0.3 is 9.87 Å². The Morgan fingerprint density at radius 1 is 1.04 bits per heavy atom. The fraction of sp³-hybridized carbons (Fsp3) is 0.133. The van der Waals surface area contributed by atoms with Crippen molar-refractivity contribution in [1.29, 1.82) is 0 Å². The summed E-state index contributed by atoms with van der Waals surface area (Å²) in [6.45, 7) is 0. The number of carbonyl (C=O) groups excluding carboxylic acids is 1. The van der Waals surface area contributed by atoms with E-state index in [9.17, 15) is 22.2 Å². The van der Waals surface area contributed by atoms with Crippen molar-refractivity contribution in [2.45, 2.75) is 0 Å². The monoisotopic (exact) mass is 338 g/mol. The predicted octanol–water partition coefficient (Wildman–Crippen LogP) is 2.11. The molecule has 0 aliphatic carbocycles. The average molecular weight is 338 g/mol. The van der Waals surface area contributed by atoms with Crippen LogP contribution in [0.1, 0.15) is 10.4 Å². The Balaban J connectivity index is 2.19. The van der Waals surface area contributed by atoms with Crippen LogP contribution in [0.5, 0.6) is 0 Å². The molecule has 0 spiro atoms. The zero-order valence-corrected chi connectivity index (χ0v) is 13.3. The molecule has 0 aliphatic heterocycles. The molecule has 8 heteroatoms. The molecule has 23 heavy (non-hydrogen) atoms. The number of amides is 1. The van der Waals surface area contributed by atoms with Gasteiger partial charge in [0.25, 0.3) is 16.2 Å². The molecular formula is C15H15FN2O4S. The summed E-state index contributed by atoms with van der Waals surface area (Å²) in [5, 5.41) is 2.58. The van der Waals surface area contributed by atoms with Crippen LogP contribution in [0, 0.1) is 5.82 Å². The third-order valence-corrected chi connectivity index (χ3v) is 4.74. The zero-order chi connectivity index (χ0) is 17.3. The van der Waals surface area contributed by atoms with E-state index in [2.05, 4.69) is 5.32 Å². The molecule has 0 aromatic heterocycles. The van der Waals surface area contributed by atoms with E-state index in [4.69, 9.17) is 0 Å². The van der Waals surface area contributed by atoms with Crippen molar-refractivity contribution in [2.24, 2.45) is 0 Å². The lowest BCUT2D eigenvalue weighted by atomic mass is 10.2. The molecule has 6 nitrogen and oxygen atoms in total. The molecule has 2 aromatic carbocycles. The molecule has 0 bridgehead atoms. The number of halogens is 1. The van der Waals surface area contributed by atoms with Gasteiger partial charge in [0.1, 0.15) is 11.5 Å². The third kappa shape index (κ3) is 3.73. The van der Waals surface area contributed by atoms with Crippen LogP contribution in [0.4, 0.5) is 15.8 Å². The zero-order valence-electron chi connectivity index (χ0n) is 12.5. The second-order valence-electron chi connectivity index (χ2n) is 5.29. The minimum absolute atomic E-state index is 0.235. The van der Waals surface area contributed by atoms with Gasteiger partial charge in [-0.3, -0.25) is 4.79 Å². The van der Waals surface area contributed by atoms with Gasteiger partial charge in [-0.25, -0.2) is 8.28 Å². The molecule has 2 aromatic rings. The van der Waals surface area contributed by atoms with Crippen molar-refractivity contribution in [3.8, 4) is 0 Å². The van der Waals surface area contributed by atoms with Gasteiger partial charge in [-0.2, -0.15) is 8.42 Å². The van der Waals surface area contributed by atoms with E-state index in [-0.39, 0.29) is 11.3 Å². The highest BCUT2D eigenvalue weighted by Gasteiger charge is 2.27. The van der Waals surface area contributed by atoms with Gasteiger partial charge in [-0.1, -0.05) is 0 Å². The van der Waals surface area contributed by atoms with Gasteiger partial charge in [0.15, 0.2) is 0 Å². The van der Waals surface area contributed by atoms with E-state index in [0.717, 1.165) is 0 Å². The van der Waals surface area contributed by atoms with Gasteiger partial charge in [0.2, 0.25) is 0 Å². The number of rotatable bonds is 4. The number of hydrogen-bond acceptors (Lipinski definition) is 4. The molecule has 0 heterocycles. The minimum atomic E-state index is -4.59. The Morgan fingerprint density at radius 2 is 1.57 bits per heavy atom. The van der Waals surface area contributed by atoms with Gasteiger partial charge in [-0.05, 0) is 36.4 Å². The summed E-state index contributed by atoms with van der Waals surface area (Å²) < 4.78 is 45.7. The topological polar surface area (TPSA) is 86.3 Å². The van der Waals surface area contributed by atoms with Crippen molar-refractivity contribution in [3.63, 3.8) is 0 Å². The summed E-state index contributed by atoms with van der Waals surface area (Å²) in [4.78, 5) is 12.1. The quantitative estimate of drug-likeness (QED) is 0.683. The van der Waals surface area contributed by atoms with Crippen LogP contribution < -0.4 is 9.21 Å². The first-order valence-corrected chi connectivity index (χ1v) is 7.95. The van der Waals surface area contributed by atoms with Gasteiger partial charge in [0.05, 0.1) is 14.1 Å². The second-order valence-corrected chi connectivity index (χ2v) is 7.05. The predicted molar refractivity (Wildman–Crippen MR) is 84.1 cm³/mol. The molecule has 0 aliphatic rings. The normalized spacial score (nSPS) is 12.0. The Kier molecular flexibility index (Phi) is 4.51. The maximum absolute atomic E-state index is 12.8. The number of anilines is 1. The number of carbonyl (C=O) groups is 1. The van der Waals surface area contributed by atoms with Crippen LogP contribution in [0.3, 0.4) is 0 Å². The van der Waals surface area contributed by atoms with E-state index >= 15 is 0 Å². The SMILES string of the molecule is C[N+](C)(c1ccc(C(=O)Nc2ccc(F)cc2)cc1)S(=O)(=O)[O-]. The molecule has 122 valence electrons. The van der Waals surface area contributed by atoms with E-state index in [1.54, 1.807) is 0 Å². The molecule has 1 N–H and O–H groups in total. The summed E-state index contributed by atoms with van der Waals surface area (Å²) in [6, 6.07) is 10.9. The van der Waals surface area contributed by atoms with Crippen LogP contribution in [0.15, 0.2) is 48.5 Å². The molecule has 0 atom stereocenters. The van der Waals surface area contributed by atoms with Crippen molar-refractivity contribution >= 4 is 27.6 Å². The van der Waals surface area contributed by atoms with Gasteiger partial charge in [-0.15, -0.1) is 0 Å². The number of benzene rings is 2. The van der Waals surface area contributed by atoms with Crippen LogP contribution >= 0.6 is 0 Å². The maximum Gasteiger partial charge on any atom is 0.258 e. The molecule has 1 amide bonds. The molecule has 0 saturated carbocycles. The van der Waals surface area contributed by atoms with Crippen molar-refractivity contribution in [1.82, 2.24) is 3.89 Å². The second kappa shape index (κ2) is 6.07. The largest absolute Gasteiger partial charge is 0.701 e. The van der Waals surface area contributed by atoms with Crippen molar-refractivity contribution in [3.05, 3.63) is 59.9 Å². The van der Waals surface area contributed by atoms with Crippen LogP contribution in [0.25, 0.3) is 0 Å². The Labute approximate surface area is 133 Å². The highest BCUT2D eigenvalue weighted by atomic mass is 32.2. The minimum Gasteiger partial charge on any atom is -0.701 e. The highest BCUT2D eigenvalue weighted by molar-refractivity contribution is 7.85. The van der Waals surface area contributed by atoms with Crippen LogP contribution in [-0.2, 0) is 10.3 Å². The third-order valence-electron chi connectivity index (χ3n) is 3.41. The fourth-order valence-corrected chi connectivity index (χ4v) is 2.22. The van der Waals surface area contributed by atoms with Gasteiger partial charge >= 0.3 is 0 Å². The number of quaternary nitrogens is 1. The first-order chi connectivity index (χ1) is 10.6. The summed E-state index contributed by atoms with van der Waals surface area (Å²) >= 11 is 0. The summed E-state index contributed by atoms with van der Waals surface area (Å²) in [7, 11) is -2.10. The number of hydrogen-bond donors (Lipinski definition) is 1. The van der Waals surface area contributed by atoms with Gasteiger partial charge in [0, 0.05) is 23.4 Å². The van der Waals surface area contributed by atoms with E-state index < -0.39 is 25.9 Å². The van der Waals surface area contributed by atoms with Crippen LogP contribution in [-0.4, -0.2) is 33.0 Å². The Hall–Kier alpha value is -2.29. The van der Waals surface area contributed by atoms with E-state index in [1.165, 1.54) is 62.6 Å². The Bertz CT molecular complexity index is 816. The van der Waals surface area contributed by atoms with E-state index in [0.29, 0.717) is 5.69 Å². The number of nitrogens with one attached hydrogen (secondary N) is 1. The van der Waals surface area contributed by atoms with Crippen molar-refractivity contribution in [2.75, 3.05) is 19.4 Å². The first-order valence-electron chi connectivity index (χ1n) is 6.59. The lowest BCUT2D eigenvalue weighted by Gasteiger charge is -2.30. The molecule has 0 radical (unpaired) electrons. The number of nitrogens with zero attached hydrogens (tertiary/aromatic N) is 1. The average Bonchev–Trinajstić information content (AvgIpc) is 2.48. The van der Waals surface area contributed by atoms with E-state index in [1.807, 2.05) is 0 Å². The van der Waals surface area contributed by atoms with Crippen molar-refractivity contribution < 1.29 is 22.2 Å². The first kappa shape index (κ1) is 17.1. The lowest BCUT2D eigenvalue weighted by molar-refractivity contribution is 0.102. The molecule has 0 saturated heterocycles. The molecular weight excluding hydrogens is 323 g/mol. The summed E-state index contributed by atoms with van der Waals surface area (Å²) in [5.41, 5.74) is 0.943. The molecule has 0 unspecified atom stereocenters. The fourth-order valence-electron chi connectivity index (χ4n) is 1.84. The standard InChI is InChI=1S/C15H15FN2O4S/c1-18(2,23(20,21)22)14-9-3-11(4-10-14)15(19)17-13-7-5-12(16)6-8-13/h3-10H,1-2H3,(H-,17,19,20,21,22). The highest BCUT2D eigenvalue weighted by Crippen LogP contribution is 2.23. The Morgan fingerprint density at radius 3 is 2.04 bits per heavy atom. The lowest BCUT2D eigenvalue weighted by Crippen LogP contribution is -2.46. The molecule has 2 rings (SSSR count). The van der Waals surface area contributed by atoms with Crippen LogP contribution in [0.2, 0.25) is 0 Å². The maximum atomic E-state index is 12.8. The smallest absolute Gasteiger partial charge is 0.258 e. The molecule has 0 fully saturated rings. The summed E-state index contributed by atoms with van der Waals surface area (Å²) in [6.07, 6.45) is 0. The summed E-state index contributed by atoms with van der Waals surface area (Å²) in [5.74, 6) is -0.843.